The molecule has 1 aromatic rings. The number of methoxy groups -OCH3 is 1. The van der Waals surface area contributed by atoms with Crippen molar-refractivity contribution in [2.75, 3.05) is 20.2 Å². The van der Waals surface area contributed by atoms with Gasteiger partial charge in [0.2, 0.25) is 0 Å². The number of carbonyl (C=O) groups is 2. The fraction of sp³-hybridized carbons (Fsp3) is 0.429. The van der Waals surface area contributed by atoms with E-state index in [9.17, 15) is 14.0 Å². The normalized spacial score (nSPS) is 27.4. The van der Waals surface area contributed by atoms with Crippen molar-refractivity contribution in [2.45, 2.75) is 18.0 Å². The molecule has 1 aliphatic carbocycles. The Hall–Kier alpha value is -1.62. The summed E-state index contributed by atoms with van der Waals surface area (Å²) in [5, 5.41) is 0.483. The first kappa shape index (κ1) is 13.4. The van der Waals surface area contributed by atoms with Crippen LogP contribution >= 0.6 is 11.6 Å². The van der Waals surface area contributed by atoms with Gasteiger partial charge in [-0.1, -0.05) is 11.6 Å². The van der Waals surface area contributed by atoms with Crippen LogP contribution in [-0.4, -0.2) is 43.1 Å². The van der Waals surface area contributed by atoms with Crippen LogP contribution in [0.2, 0.25) is 5.02 Å². The molecule has 3 rings (SSSR count). The molecule has 0 bridgehead atoms. The molecule has 1 saturated carbocycles. The van der Waals surface area contributed by atoms with E-state index in [0.717, 1.165) is 0 Å². The number of amides is 1. The molecule has 6 heteroatoms. The summed E-state index contributed by atoms with van der Waals surface area (Å²) >= 11 is 5.95. The maximum absolute atomic E-state index is 13.9. The van der Waals surface area contributed by atoms with Crippen molar-refractivity contribution in [1.29, 1.82) is 0 Å². The number of alkyl halides is 1. The van der Waals surface area contributed by atoms with Crippen LogP contribution in [0.15, 0.2) is 18.2 Å². The van der Waals surface area contributed by atoms with Crippen LogP contribution in [-0.2, 0) is 14.9 Å². The summed E-state index contributed by atoms with van der Waals surface area (Å²) in [6.07, 6.45) is -0.654. The van der Waals surface area contributed by atoms with E-state index >= 15 is 0 Å². The average molecular weight is 298 g/mol. The van der Waals surface area contributed by atoms with Crippen LogP contribution in [0, 0.1) is 0 Å². The van der Waals surface area contributed by atoms with Crippen molar-refractivity contribution in [2.24, 2.45) is 0 Å². The monoisotopic (exact) mass is 297 g/mol. The summed E-state index contributed by atoms with van der Waals surface area (Å²) in [5.41, 5.74) is 0.371. The number of fused-ring (bicyclic) bond motifs is 2. The van der Waals surface area contributed by atoms with Crippen molar-refractivity contribution >= 4 is 23.5 Å². The fourth-order valence-electron chi connectivity index (χ4n) is 2.83. The highest BCUT2D eigenvalue weighted by Gasteiger charge is 2.61. The summed E-state index contributed by atoms with van der Waals surface area (Å²) in [4.78, 5) is 25.1. The molecular weight excluding hydrogens is 285 g/mol. The zero-order valence-corrected chi connectivity index (χ0v) is 11.6. The molecule has 2 atom stereocenters. The third-order valence-corrected chi connectivity index (χ3v) is 4.27. The van der Waals surface area contributed by atoms with Crippen molar-refractivity contribution in [3.05, 3.63) is 34.3 Å². The van der Waals surface area contributed by atoms with Crippen LogP contribution in [0.3, 0.4) is 0 Å². The van der Waals surface area contributed by atoms with Crippen molar-refractivity contribution in [1.82, 2.24) is 4.90 Å². The van der Waals surface area contributed by atoms with Gasteiger partial charge in [-0.05, 0) is 30.2 Å². The number of rotatable bonds is 2. The Labute approximate surface area is 120 Å². The van der Waals surface area contributed by atoms with Gasteiger partial charge in [-0.2, -0.15) is 0 Å². The number of nitrogens with zero attached hydrogens (tertiary/aromatic N) is 1. The predicted molar refractivity (Wildman–Crippen MR) is 70.6 cm³/mol. The number of benzene rings is 1. The predicted octanol–water partition coefficient (Wildman–Crippen LogP) is 1.95. The Morgan fingerprint density at radius 2 is 2.30 bits per heavy atom. The lowest BCUT2D eigenvalue weighted by molar-refractivity contribution is -0.141. The van der Waals surface area contributed by atoms with Gasteiger partial charge in [0.1, 0.15) is 12.7 Å². The van der Waals surface area contributed by atoms with Gasteiger partial charge in [-0.15, -0.1) is 0 Å². The zero-order chi connectivity index (χ0) is 14.5. The smallest absolute Gasteiger partial charge is 0.325 e. The van der Waals surface area contributed by atoms with Crippen LogP contribution in [0.25, 0.3) is 0 Å². The van der Waals surface area contributed by atoms with E-state index in [1.807, 2.05) is 0 Å². The van der Waals surface area contributed by atoms with Crippen LogP contribution in [0.1, 0.15) is 22.3 Å². The van der Waals surface area contributed by atoms with Gasteiger partial charge >= 0.3 is 5.97 Å². The third kappa shape index (κ3) is 1.88. The average Bonchev–Trinajstić information content (AvgIpc) is 3.06. The van der Waals surface area contributed by atoms with Crippen molar-refractivity contribution in [3.8, 4) is 0 Å². The summed E-state index contributed by atoms with van der Waals surface area (Å²) in [6, 6.07) is 4.85. The lowest BCUT2D eigenvalue weighted by atomic mass is 9.86. The van der Waals surface area contributed by atoms with Gasteiger partial charge in [0, 0.05) is 22.5 Å². The number of ether oxygens (including phenoxy) is 1. The highest BCUT2D eigenvalue weighted by Crippen LogP contribution is 2.54. The standard InChI is InChI=1S/C14H13ClFNO3/c1-20-12(18)6-17-7-14(5-11(14)16)10-4-8(15)2-3-9(10)13(17)19/h2-4,11H,5-7H2,1H3/t11?,14-/m0/s1. The van der Waals surface area contributed by atoms with Gasteiger partial charge in [-0.3, -0.25) is 9.59 Å². The Bertz CT molecular complexity index is 606. The first-order chi connectivity index (χ1) is 9.48. The molecule has 1 unspecified atom stereocenters. The summed E-state index contributed by atoms with van der Waals surface area (Å²) in [5.74, 6) is -0.797. The molecule has 1 amide bonds. The van der Waals surface area contributed by atoms with Crippen LogP contribution in [0.4, 0.5) is 4.39 Å². The Kier molecular flexibility index (Phi) is 2.97. The molecule has 0 aromatic heterocycles. The molecule has 0 radical (unpaired) electrons. The van der Waals surface area contributed by atoms with E-state index in [1.165, 1.54) is 12.0 Å². The van der Waals surface area contributed by atoms with E-state index in [0.29, 0.717) is 22.6 Å². The minimum atomic E-state index is -1.01. The Morgan fingerprint density at radius 1 is 1.60 bits per heavy atom. The molecule has 1 heterocycles. The number of carbonyl (C=O) groups excluding carboxylic acids is 2. The van der Waals surface area contributed by atoms with Crippen LogP contribution < -0.4 is 0 Å². The largest absolute Gasteiger partial charge is 0.468 e. The van der Waals surface area contributed by atoms with Crippen molar-refractivity contribution < 1.29 is 18.7 Å². The Morgan fingerprint density at radius 3 is 2.90 bits per heavy atom. The van der Waals surface area contributed by atoms with E-state index in [4.69, 9.17) is 11.6 Å². The minimum Gasteiger partial charge on any atom is -0.468 e. The molecular formula is C14H13ClFNO3. The first-order valence-corrected chi connectivity index (χ1v) is 6.66. The van der Waals surface area contributed by atoms with E-state index in [2.05, 4.69) is 4.74 Å². The maximum Gasteiger partial charge on any atom is 0.325 e. The molecule has 0 saturated heterocycles. The van der Waals surface area contributed by atoms with Gasteiger partial charge in [-0.25, -0.2) is 4.39 Å². The summed E-state index contributed by atoms with van der Waals surface area (Å²) < 4.78 is 18.5. The molecule has 106 valence electrons. The van der Waals surface area contributed by atoms with Crippen LogP contribution in [0.5, 0.6) is 0 Å². The quantitative estimate of drug-likeness (QED) is 0.784. The van der Waals surface area contributed by atoms with E-state index < -0.39 is 17.6 Å². The number of esters is 1. The molecule has 1 spiro atoms. The van der Waals surface area contributed by atoms with Gasteiger partial charge in [0.15, 0.2) is 0 Å². The number of halogens is 2. The minimum absolute atomic E-state index is 0.161. The molecule has 20 heavy (non-hydrogen) atoms. The van der Waals surface area contributed by atoms with E-state index in [-0.39, 0.29) is 19.0 Å². The van der Waals surface area contributed by atoms with E-state index in [1.54, 1.807) is 18.2 Å². The lowest BCUT2D eigenvalue weighted by Crippen LogP contribution is -2.46. The summed E-state index contributed by atoms with van der Waals surface area (Å²) in [7, 11) is 1.26. The topological polar surface area (TPSA) is 46.6 Å². The SMILES string of the molecule is COC(=O)CN1C[C@@]2(CC2F)c2cc(Cl)ccc2C1=O. The van der Waals surface area contributed by atoms with Crippen molar-refractivity contribution in [3.63, 3.8) is 0 Å². The lowest BCUT2D eigenvalue weighted by Gasteiger charge is -2.34. The second-order valence-corrected chi connectivity index (χ2v) is 5.69. The zero-order valence-electron chi connectivity index (χ0n) is 10.9. The maximum atomic E-state index is 13.9. The highest BCUT2D eigenvalue weighted by molar-refractivity contribution is 6.30. The third-order valence-electron chi connectivity index (χ3n) is 4.04. The fourth-order valence-corrected chi connectivity index (χ4v) is 3.01. The second-order valence-electron chi connectivity index (χ2n) is 5.26. The van der Waals surface area contributed by atoms with Gasteiger partial charge < -0.3 is 9.64 Å². The number of hydrogen-bond acceptors (Lipinski definition) is 3. The molecule has 2 aliphatic rings. The van der Waals surface area contributed by atoms with Gasteiger partial charge in [0.25, 0.3) is 5.91 Å². The second kappa shape index (κ2) is 4.45. The molecule has 1 aromatic carbocycles. The molecule has 1 fully saturated rings. The molecule has 1 aliphatic heterocycles. The number of hydrogen-bond donors (Lipinski definition) is 0. The van der Waals surface area contributed by atoms with Gasteiger partial charge in [0.05, 0.1) is 7.11 Å². The molecule has 0 N–H and O–H groups in total. The Balaban J connectivity index is 2.01. The first-order valence-electron chi connectivity index (χ1n) is 6.28. The highest BCUT2D eigenvalue weighted by atomic mass is 35.5. The molecule has 4 nitrogen and oxygen atoms in total. The summed E-state index contributed by atoms with van der Waals surface area (Å²) in [6.45, 7) is 0.0291.